The van der Waals surface area contributed by atoms with E-state index in [-0.39, 0.29) is 12.3 Å². The zero-order valence-electron chi connectivity index (χ0n) is 9.61. The number of rotatable bonds is 3. The Morgan fingerprint density at radius 2 is 1.94 bits per heavy atom. The van der Waals surface area contributed by atoms with Gasteiger partial charge in [-0.25, -0.2) is 13.5 Å². The van der Waals surface area contributed by atoms with Gasteiger partial charge in [-0.05, 0) is 36.5 Å². The van der Waals surface area contributed by atoms with Crippen molar-refractivity contribution in [2.75, 3.05) is 0 Å². The van der Waals surface area contributed by atoms with Crippen LogP contribution in [-0.4, -0.2) is 14.9 Å². The van der Waals surface area contributed by atoms with E-state index in [9.17, 15) is 13.9 Å². The minimum absolute atomic E-state index is 0.228. The van der Waals surface area contributed by atoms with Crippen molar-refractivity contribution >= 4 is 0 Å². The van der Waals surface area contributed by atoms with Crippen molar-refractivity contribution in [3.63, 3.8) is 0 Å². The molecule has 0 atom stereocenters. The van der Waals surface area contributed by atoms with Crippen LogP contribution in [0.5, 0.6) is 0 Å². The highest BCUT2D eigenvalue weighted by Gasteiger charge is 2.29. The van der Waals surface area contributed by atoms with Crippen molar-refractivity contribution in [2.24, 2.45) is 0 Å². The molecule has 1 aromatic heterocycles. The third-order valence-electron chi connectivity index (χ3n) is 3.22. The number of benzene rings is 1. The largest absolute Gasteiger partial charge is 0.390 e. The van der Waals surface area contributed by atoms with E-state index in [2.05, 4.69) is 5.10 Å². The molecule has 2 aromatic rings. The van der Waals surface area contributed by atoms with Gasteiger partial charge in [0.25, 0.3) is 0 Å². The molecule has 3 rings (SSSR count). The van der Waals surface area contributed by atoms with Gasteiger partial charge in [0.15, 0.2) is 11.6 Å². The van der Waals surface area contributed by atoms with Crippen molar-refractivity contribution in [2.45, 2.75) is 25.4 Å². The summed E-state index contributed by atoms with van der Waals surface area (Å²) in [5, 5.41) is 13.4. The number of para-hydroxylation sites is 1. The fraction of sp³-hybridized carbons (Fsp3) is 0.308. The first-order chi connectivity index (χ1) is 8.72. The highest BCUT2D eigenvalue weighted by atomic mass is 19.1. The molecule has 1 aliphatic rings. The van der Waals surface area contributed by atoms with Crippen molar-refractivity contribution < 1.29 is 13.9 Å². The number of hydrogen-bond acceptors (Lipinski definition) is 2. The molecule has 94 valence electrons. The summed E-state index contributed by atoms with van der Waals surface area (Å²) in [6.07, 6.45) is 3.67. The monoisotopic (exact) mass is 250 g/mol. The summed E-state index contributed by atoms with van der Waals surface area (Å²) >= 11 is 0. The van der Waals surface area contributed by atoms with Crippen LogP contribution in [0.2, 0.25) is 0 Å². The lowest BCUT2D eigenvalue weighted by Gasteiger charge is -2.09. The molecule has 1 saturated carbocycles. The molecule has 0 aliphatic heterocycles. The number of nitrogens with zero attached hydrogens (tertiary/aromatic N) is 2. The summed E-state index contributed by atoms with van der Waals surface area (Å²) in [5.74, 6) is -0.999. The lowest BCUT2D eigenvalue weighted by Crippen LogP contribution is -2.08. The highest BCUT2D eigenvalue weighted by molar-refractivity contribution is 5.39. The van der Waals surface area contributed by atoms with Crippen LogP contribution in [0.4, 0.5) is 8.78 Å². The second-order valence-corrected chi connectivity index (χ2v) is 4.46. The molecule has 18 heavy (non-hydrogen) atoms. The van der Waals surface area contributed by atoms with Gasteiger partial charge in [0.05, 0.1) is 18.5 Å². The van der Waals surface area contributed by atoms with E-state index in [0.29, 0.717) is 11.6 Å². The molecule has 1 heterocycles. The second-order valence-electron chi connectivity index (χ2n) is 4.46. The second kappa shape index (κ2) is 4.17. The molecule has 0 spiro atoms. The fourth-order valence-corrected chi connectivity index (χ4v) is 2.16. The maximum atomic E-state index is 13.7. The Labute approximate surface area is 103 Å². The summed E-state index contributed by atoms with van der Waals surface area (Å²) < 4.78 is 28.6. The van der Waals surface area contributed by atoms with Gasteiger partial charge in [0, 0.05) is 0 Å². The Bertz CT molecular complexity index is 570. The van der Waals surface area contributed by atoms with Crippen molar-refractivity contribution in [1.82, 2.24) is 9.78 Å². The lowest BCUT2D eigenvalue weighted by molar-refractivity contribution is 0.271. The van der Waals surface area contributed by atoms with E-state index in [0.717, 1.165) is 18.4 Å². The topological polar surface area (TPSA) is 38.1 Å². The highest BCUT2D eigenvalue weighted by Crippen LogP contribution is 2.42. The van der Waals surface area contributed by atoms with Crippen LogP contribution >= 0.6 is 0 Å². The average molecular weight is 250 g/mol. The van der Waals surface area contributed by atoms with E-state index < -0.39 is 11.6 Å². The molecule has 0 saturated heterocycles. The number of aliphatic hydroxyl groups excluding tert-OH is 1. The lowest BCUT2D eigenvalue weighted by atomic mass is 10.1. The fourth-order valence-electron chi connectivity index (χ4n) is 2.16. The van der Waals surface area contributed by atoms with Crippen LogP contribution in [-0.2, 0) is 6.61 Å². The number of aliphatic hydroxyl groups is 1. The van der Waals surface area contributed by atoms with E-state index in [1.54, 1.807) is 6.20 Å². The van der Waals surface area contributed by atoms with Crippen LogP contribution in [0.1, 0.15) is 30.0 Å². The SMILES string of the molecule is OCc1c(C2CC2)cnn1-c1c(F)cccc1F. The predicted octanol–water partition coefficient (Wildman–Crippen LogP) is 2.52. The number of aromatic nitrogens is 2. The summed E-state index contributed by atoms with van der Waals surface area (Å²) in [6, 6.07) is 3.66. The molecule has 1 fully saturated rings. The van der Waals surface area contributed by atoms with Gasteiger partial charge in [-0.3, -0.25) is 0 Å². The smallest absolute Gasteiger partial charge is 0.151 e. The zero-order chi connectivity index (χ0) is 12.7. The van der Waals surface area contributed by atoms with E-state index in [4.69, 9.17) is 0 Å². The quantitative estimate of drug-likeness (QED) is 0.909. The van der Waals surface area contributed by atoms with Gasteiger partial charge in [0.1, 0.15) is 5.69 Å². The third kappa shape index (κ3) is 1.71. The Morgan fingerprint density at radius 3 is 2.50 bits per heavy atom. The Morgan fingerprint density at radius 1 is 1.28 bits per heavy atom. The van der Waals surface area contributed by atoms with Gasteiger partial charge in [-0.1, -0.05) is 6.07 Å². The van der Waals surface area contributed by atoms with Gasteiger partial charge in [0.2, 0.25) is 0 Å². The molecular weight excluding hydrogens is 238 g/mol. The molecule has 0 amide bonds. The summed E-state index contributed by atoms with van der Waals surface area (Å²) in [5.41, 5.74) is 1.13. The Kier molecular flexibility index (Phi) is 2.63. The third-order valence-corrected chi connectivity index (χ3v) is 3.22. The van der Waals surface area contributed by atoms with E-state index in [1.807, 2.05) is 0 Å². The maximum Gasteiger partial charge on any atom is 0.151 e. The molecule has 0 bridgehead atoms. The standard InChI is InChI=1S/C13H12F2N2O/c14-10-2-1-3-11(15)13(10)17-12(7-18)9(6-16-17)8-4-5-8/h1-3,6,8,18H,4-5,7H2. The minimum atomic E-state index is -0.685. The normalized spacial score (nSPS) is 15.1. The zero-order valence-corrected chi connectivity index (χ0v) is 9.61. The summed E-state index contributed by atoms with van der Waals surface area (Å²) in [6.45, 7) is -0.278. The Balaban J connectivity index is 2.16. The van der Waals surface area contributed by atoms with E-state index >= 15 is 0 Å². The molecule has 1 aromatic carbocycles. The van der Waals surface area contributed by atoms with Crippen LogP contribution in [0.25, 0.3) is 5.69 Å². The number of hydrogen-bond donors (Lipinski definition) is 1. The first-order valence-corrected chi connectivity index (χ1v) is 5.84. The number of halogens is 2. The average Bonchev–Trinajstić information content (AvgIpc) is 3.10. The predicted molar refractivity (Wildman–Crippen MR) is 61.4 cm³/mol. The first kappa shape index (κ1) is 11.3. The molecule has 1 N–H and O–H groups in total. The molecule has 1 aliphatic carbocycles. The van der Waals surface area contributed by atoms with Crippen molar-refractivity contribution in [3.05, 3.63) is 47.3 Å². The van der Waals surface area contributed by atoms with E-state index in [1.165, 1.54) is 22.9 Å². The molecule has 5 heteroatoms. The van der Waals surface area contributed by atoms with Gasteiger partial charge in [-0.15, -0.1) is 0 Å². The molecule has 3 nitrogen and oxygen atoms in total. The van der Waals surface area contributed by atoms with Crippen molar-refractivity contribution in [1.29, 1.82) is 0 Å². The minimum Gasteiger partial charge on any atom is -0.390 e. The first-order valence-electron chi connectivity index (χ1n) is 5.84. The summed E-state index contributed by atoms with van der Waals surface area (Å²) in [7, 11) is 0. The van der Waals surface area contributed by atoms with Gasteiger partial charge < -0.3 is 5.11 Å². The molecule has 0 unspecified atom stereocenters. The van der Waals surface area contributed by atoms with Gasteiger partial charge in [-0.2, -0.15) is 5.10 Å². The van der Waals surface area contributed by atoms with Crippen LogP contribution < -0.4 is 0 Å². The Hall–Kier alpha value is -1.75. The van der Waals surface area contributed by atoms with Crippen LogP contribution in [0.15, 0.2) is 24.4 Å². The van der Waals surface area contributed by atoms with Crippen LogP contribution in [0.3, 0.4) is 0 Å². The van der Waals surface area contributed by atoms with Crippen LogP contribution in [0, 0.1) is 11.6 Å². The summed E-state index contributed by atoms with van der Waals surface area (Å²) in [4.78, 5) is 0. The molecular formula is C13H12F2N2O. The van der Waals surface area contributed by atoms with Gasteiger partial charge >= 0.3 is 0 Å². The van der Waals surface area contributed by atoms with Crippen molar-refractivity contribution in [3.8, 4) is 5.69 Å². The maximum absolute atomic E-state index is 13.7. The molecule has 0 radical (unpaired) electrons.